The Bertz CT molecular complexity index is 363. The summed E-state index contributed by atoms with van der Waals surface area (Å²) >= 11 is 0. The smallest absolute Gasteiger partial charge is 0.306 e. The fourth-order valence-corrected chi connectivity index (χ4v) is 1.52. The maximum atomic E-state index is 10.4. The van der Waals surface area contributed by atoms with Gasteiger partial charge in [0.05, 0.1) is 19.6 Å². The van der Waals surface area contributed by atoms with Gasteiger partial charge in [-0.05, 0) is 24.3 Å². The van der Waals surface area contributed by atoms with E-state index in [1.165, 1.54) is 0 Å². The molecule has 1 rings (SSSR count). The lowest BCUT2D eigenvalue weighted by Gasteiger charge is -2.22. The number of ether oxygens (including phenoxy) is 1. The molecule has 0 bridgehead atoms. The summed E-state index contributed by atoms with van der Waals surface area (Å²) in [5, 5.41) is 18.0. The number of carboxylic acids is 1. The number of likely N-dealkylation sites (N-methyl/N-ethyl adjacent to an activating group) is 1. The van der Waals surface area contributed by atoms with Crippen LogP contribution in [0.1, 0.15) is 6.42 Å². The lowest BCUT2D eigenvalue weighted by atomic mass is 10.2. The molecule has 0 aliphatic carbocycles. The van der Waals surface area contributed by atoms with Crippen molar-refractivity contribution in [2.24, 2.45) is 0 Å². The molecule has 0 aromatic heterocycles. The number of benzene rings is 1. The summed E-state index contributed by atoms with van der Waals surface area (Å²) in [4.78, 5) is 12.2. The lowest BCUT2D eigenvalue weighted by Crippen LogP contribution is -2.30. The molecule has 5 nitrogen and oxygen atoms in total. The van der Waals surface area contributed by atoms with Gasteiger partial charge < -0.3 is 19.8 Å². The third-order valence-electron chi connectivity index (χ3n) is 2.41. The van der Waals surface area contributed by atoms with Gasteiger partial charge in [-0.1, -0.05) is 0 Å². The highest BCUT2D eigenvalue weighted by molar-refractivity contribution is 5.67. The molecule has 0 aliphatic heterocycles. The first-order valence-corrected chi connectivity index (χ1v) is 5.28. The topological polar surface area (TPSA) is 70.0 Å². The normalized spacial score (nSPS) is 11.9. The van der Waals surface area contributed by atoms with Crippen LogP contribution in [0.15, 0.2) is 24.3 Å². The van der Waals surface area contributed by atoms with E-state index in [9.17, 15) is 9.90 Å². The number of carbonyl (C=O) groups is 1. The molecule has 0 fully saturated rings. The summed E-state index contributed by atoms with van der Waals surface area (Å²) < 4.78 is 5.04. The SMILES string of the molecule is COc1ccc(N(C)CC(O)CC(=O)O)cc1. The molecule has 0 spiro atoms. The van der Waals surface area contributed by atoms with E-state index in [2.05, 4.69) is 0 Å². The molecule has 0 saturated carbocycles. The second kappa shape index (κ2) is 6.10. The molecule has 1 unspecified atom stereocenters. The van der Waals surface area contributed by atoms with E-state index in [-0.39, 0.29) is 13.0 Å². The third-order valence-corrected chi connectivity index (χ3v) is 2.41. The molecule has 0 amide bonds. The van der Waals surface area contributed by atoms with Crippen molar-refractivity contribution in [3.05, 3.63) is 24.3 Å². The van der Waals surface area contributed by atoms with Crippen LogP contribution in [0.5, 0.6) is 5.75 Å². The van der Waals surface area contributed by atoms with Gasteiger partial charge in [0.2, 0.25) is 0 Å². The van der Waals surface area contributed by atoms with Crippen molar-refractivity contribution in [1.82, 2.24) is 0 Å². The van der Waals surface area contributed by atoms with Crippen molar-refractivity contribution < 1.29 is 19.7 Å². The summed E-state index contributed by atoms with van der Waals surface area (Å²) in [7, 11) is 3.39. The van der Waals surface area contributed by atoms with Gasteiger partial charge >= 0.3 is 5.97 Å². The predicted octanol–water partition coefficient (Wildman–Crippen LogP) is 0.967. The molecule has 17 heavy (non-hydrogen) atoms. The van der Waals surface area contributed by atoms with Crippen molar-refractivity contribution in [2.45, 2.75) is 12.5 Å². The zero-order valence-electron chi connectivity index (χ0n) is 9.96. The summed E-state index contributed by atoms with van der Waals surface area (Å²) in [6, 6.07) is 7.34. The number of methoxy groups -OCH3 is 1. The number of nitrogens with zero attached hydrogens (tertiary/aromatic N) is 1. The summed E-state index contributed by atoms with van der Waals surface area (Å²) in [6.45, 7) is 0.276. The molecule has 1 aromatic carbocycles. The molecule has 1 atom stereocenters. The van der Waals surface area contributed by atoms with Gasteiger partial charge in [0.15, 0.2) is 0 Å². The van der Waals surface area contributed by atoms with E-state index in [1.54, 1.807) is 19.1 Å². The molecule has 0 aliphatic rings. The van der Waals surface area contributed by atoms with Crippen molar-refractivity contribution >= 4 is 11.7 Å². The molecule has 5 heteroatoms. The monoisotopic (exact) mass is 239 g/mol. The van der Waals surface area contributed by atoms with E-state index in [0.29, 0.717) is 0 Å². The van der Waals surface area contributed by atoms with Crippen molar-refractivity contribution in [2.75, 3.05) is 25.6 Å². The number of carboxylic acid groups (broad SMARTS) is 1. The Labute approximate surface area is 100 Å². The average molecular weight is 239 g/mol. The number of rotatable bonds is 6. The fraction of sp³-hybridized carbons (Fsp3) is 0.417. The van der Waals surface area contributed by atoms with Crippen LogP contribution >= 0.6 is 0 Å². The average Bonchev–Trinajstić information content (AvgIpc) is 2.28. The molecular weight excluding hydrogens is 222 g/mol. The van der Waals surface area contributed by atoms with Crippen LogP contribution in [0, 0.1) is 0 Å². The molecule has 0 saturated heterocycles. The van der Waals surface area contributed by atoms with Crippen LogP contribution in [-0.2, 0) is 4.79 Å². The second-order valence-electron chi connectivity index (χ2n) is 3.83. The largest absolute Gasteiger partial charge is 0.497 e. The van der Waals surface area contributed by atoms with Crippen LogP contribution in [0.3, 0.4) is 0 Å². The first kappa shape index (κ1) is 13.3. The molecule has 94 valence electrons. The Hall–Kier alpha value is -1.75. The number of aliphatic hydroxyl groups excluding tert-OH is 1. The quantitative estimate of drug-likeness (QED) is 0.774. The van der Waals surface area contributed by atoms with Gasteiger partial charge in [-0.25, -0.2) is 0 Å². The Balaban J connectivity index is 2.56. The van der Waals surface area contributed by atoms with Crippen LogP contribution in [0.2, 0.25) is 0 Å². The van der Waals surface area contributed by atoms with Gasteiger partial charge in [0.25, 0.3) is 0 Å². The lowest BCUT2D eigenvalue weighted by molar-refractivity contribution is -0.139. The molecule has 1 aromatic rings. The highest BCUT2D eigenvalue weighted by atomic mass is 16.5. The minimum absolute atomic E-state index is 0.250. The van der Waals surface area contributed by atoms with Crippen LogP contribution in [-0.4, -0.2) is 43.0 Å². The second-order valence-corrected chi connectivity index (χ2v) is 3.83. The number of hydrogen-bond donors (Lipinski definition) is 2. The zero-order valence-corrected chi connectivity index (χ0v) is 9.96. The molecule has 0 radical (unpaired) electrons. The van der Waals surface area contributed by atoms with E-state index in [4.69, 9.17) is 9.84 Å². The number of aliphatic carboxylic acids is 1. The van der Waals surface area contributed by atoms with E-state index in [1.807, 2.05) is 24.3 Å². The Morgan fingerprint density at radius 1 is 1.41 bits per heavy atom. The van der Waals surface area contributed by atoms with Crippen LogP contribution in [0.25, 0.3) is 0 Å². The number of aliphatic hydroxyl groups is 1. The van der Waals surface area contributed by atoms with Crippen molar-refractivity contribution in [1.29, 1.82) is 0 Å². The van der Waals surface area contributed by atoms with Gasteiger partial charge in [-0.3, -0.25) is 4.79 Å². The summed E-state index contributed by atoms with van der Waals surface area (Å²) in [5.41, 5.74) is 0.898. The minimum Gasteiger partial charge on any atom is -0.497 e. The maximum absolute atomic E-state index is 10.4. The van der Waals surface area contributed by atoms with Gasteiger partial charge in [-0.15, -0.1) is 0 Å². The van der Waals surface area contributed by atoms with Crippen LogP contribution < -0.4 is 9.64 Å². The maximum Gasteiger partial charge on any atom is 0.306 e. The van der Waals surface area contributed by atoms with E-state index >= 15 is 0 Å². The standard InChI is InChI=1S/C12H17NO4/c1-13(8-10(14)7-12(15)16)9-3-5-11(17-2)6-4-9/h3-6,10,14H,7-8H2,1-2H3,(H,15,16). The first-order valence-electron chi connectivity index (χ1n) is 5.28. The van der Waals surface area contributed by atoms with Crippen LogP contribution in [0.4, 0.5) is 5.69 Å². The first-order chi connectivity index (χ1) is 8.02. The van der Waals surface area contributed by atoms with Crippen molar-refractivity contribution in [3.63, 3.8) is 0 Å². The van der Waals surface area contributed by atoms with Crippen molar-refractivity contribution in [3.8, 4) is 5.75 Å². The minimum atomic E-state index is -0.999. The van der Waals surface area contributed by atoms with E-state index < -0.39 is 12.1 Å². The Morgan fingerprint density at radius 3 is 2.47 bits per heavy atom. The summed E-state index contributed by atoms with van der Waals surface area (Å²) in [6.07, 6.45) is -1.12. The Morgan fingerprint density at radius 2 is 2.00 bits per heavy atom. The molecule has 0 heterocycles. The zero-order chi connectivity index (χ0) is 12.8. The van der Waals surface area contributed by atoms with Gasteiger partial charge in [0, 0.05) is 19.3 Å². The Kier molecular flexibility index (Phi) is 4.78. The predicted molar refractivity (Wildman–Crippen MR) is 64.5 cm³/mol. The summed E-state index contributed by atoms with van der Waals surface area (Å²) in [5.74, 6) is -0.242. The van der Waals surface area contributed by atoms with Gasteiger partial charge in [-0.2, -0.15) is 0 Å². The fourth-order valence-electron chi connectivity index (χ4n) is 1.52. The molecule has 2 N–H and O–H groups in total. The van der Waals surface area contributed by atoms with Gasteiger partial charge in [0.1, 0.15) is 5.75 Å². The van der Waals surface area contributed by atoms with E-state index in [0.717, 1.165) is 11.4 Å². The highest BCUT2D eigenvalue weighted by Gasteiger charge is 2.12. The number of hydrogen-bond acceptors (Lipinski definition) is 4. The third kappa shape index (κ3) is 4.32. The molecular formula is C12H17NO4. The highest BCUT2D eigenvalue weighted by Crippen LogP contribution is 2.18. The number of anilines is 1.